The molecule has 2 nitrogen and oxygen atoms in total. The first kappa shape index (κ1) is 9.29. The summed E-state index contributed by atoms with van der Waals surface area (Å²) in [5.74, 6) is 0.835. The summed E-state index contributed by atoms with van der Waals surface area (Å²) in [6, 6.07) is 11.5. The molecule has 0 aliphatic heterocycles. The number of rotatable bonds is 5. The Hall–Kier alpha value is -0.803. The summed E-state index contributed by atoms with van der Waals surface area (Å²) in [4.78, 5) is 0. The van der Waals surface area contributed by atoms with Gasteiger partial charge in [-0.25, -0.2) is 0 Å². The number of ether oxygens (including phenoxy) is 2. The van der Waals surface area contributed by atoms with Crippen molar-refractivity contribution >= 4 is 10.2 Å². The van der Waals surface area contributed by atoms with E-state index in [1.54, 1.807) is 0 Å². The minimum absolute atomic E-state index is 0.353. The molecular weight excluding hydrogens is 168 g/mol. The highest BCUT2D eigenvalue weighted by Crippen LogP contribution is 2.07. The van der Waals surface area contributed by atoms with Gasteiger partial charge in [-0.05, 0) is 24.2 Å². The van der Waals surface area contributed by atoms with E-state index in [1.165, 1.54) is 10.2 Å². The lowest BCUT2D eigenvalue weighted by molar-refractivity contribution is 0.0226. The van der Waals surface area contributed by atoms with Crippen LogP contribution in [-0.4, -0.2) is 23.6 Å². The number of hydrogen-bond acceptors (Lipinski definition) is 2. The first-order chi connectivity index (χ1) is 5.93. The largest absolute Gasteiger partial charge is 0.468 e. The molecule has 0 fully saturated rings. The van der Waals surface area contributed by atoms with Gasteiger partial charge in [0.15, 0.2) is 6.79 Å². The van der Waals surface area contributed by atoms with Crippen molar-refractivity contribution in [3.8, 4) is 5.75 Å². The molecule has 0 aliphatic rings. The maximum absolute atomic E-state index is 5.28. The summed E-state index contributed by atoms with van der Waals surface area (Å²) in [5.41, 5.74) is 0. The fourth-order valence-corrected chi connectivity index (χ4v) is 1.07. The molecule has 1 radical (unpaired) electrons. The Kier molecular flexibility index (Phi) is 4.49. The van der Waals surface area contributed by atoms with E-state index in [0.717, 1.165) is 18.4 Å². The van der Waals surface area contributed by atoms with Gasteiger partial charge < -0.3 is 9.47 Å². The second-order valence-corrected chi connectivity index (χ2v) is 3.41. The Labute approximate surface area is 75.9 Å². The molecule has 3 heteroatoms. The monoisotopic (exact) mass is 181 g/mol. The van der Waals surface area contributed by atoms with Crippen LogP contribution in [0.15, 0.2) is 24.3 Å². The minimum Gasteiger partial charge on any atom is -0.468 e. The highest BCUT2D eigenvalue weighted by atomic mass is 28.1. The zero-order valence-electron chi connectivity index (χ0n) is 7.25. The molecule has 0 atom stereocenters. The molecule has 1 aromatic carbocycles. The van der Waals surface area contributed by atoms with Crippen molar-refractivity contribution < 1.29 is 9.47 Å². The Morgan fingerprint density at radius 2 is 2.08 bits per heavy atom. The van der Waals surface area contributed by atoms with E-state index in [0.29, 0.717) is 6.79 Å². The third-order valence-electron chi connectivity index (χ3n) is 1.35. The van der Waals surface area contributed by atoms with Gasteiger partial charge in [0.25, 0.3) is 0 Å². The fourth-order valence-electron chi connectivity index (χ4n) is 0.781. The van der Waals surface area contributed by atoms with Crippen LogP contribution in [0.4, 0.5) is 0 Å². The van der Waals surface area contributed by atoms with Gasteiger partial charge in [-0.3, -0.25) is 0 Å². The zero-order chi connectivity index (χ0) is 8.65. The summed E-state index contributed by atoms with van der Waals surface area (Å²) in [6.07, 6.45) is 0. The topological polar surface area (TPSA) is 18.5 Å². The van der Waals surface area contributed by atoms with E-state index in [9.17, 15) is 0 Å². The minimum atomic E-state index is 0.353. The maximum atomic E-state index is 5.28. The molecule has 1 rings (SSSR count). The molecule has 0 spiro atoms. The lowest BCUT2D eigenvalue weighted by Gasteiger charge is -2.05. The van der Waals surface area contributed by atoms with Gasteiger partial charge in [0.1, 0.15) is 5.75 Å². The Morgan fingerprint density at radius 3 is 2.75 bits per heavy atom. The molecule has 0 N–H and O–H groups in total. The first-order valence-electron chi connectivity index (χ1n) is 4.10. The van der Waals surface area contributed by atoms with Crippen molar-refractivity contribution in [2.24, 2.45) is 0 Å². The first-order valence-corrected chi connectivity index (χ1v) is 5.51. The average molecular weight is 181 g/mol. The van der Waals surface area contributed by atoms with Crippen molar-refractivity contribution in [3.63, 3.8) is 0 Å². The summed E-state index contributed by atoms with van der Waals surface area (Å²) < 4.78 is 10.5. The van der Waals surface area contributed by atoms with Crippen LogP contribution < -0.4 is 4.74 Å². The smallest absolute Gasteiger partial charge is 0.189 e. The van der Waals surface area contributed by atoms with Gasteiger partial charge in [0.2, 0.25) is 0 Å². The molecule has 0 heterocycles. The van der Waals surface area contributed by atoms with Crippen LogP contribution in [0, 0.1) is 6.07 Å². The van der Waals surface area contributed by atoms with Crippen LogP contribution >= 0.6 is 0 Å². The standard InChI is InChI=1S/C9H13O2Si/c12-7-6-10-8-11-9-4-2-1-3-5-9/h2-5H,6-8H2,12H3. The third kappa shape index (κ3) is 3.55. The van der Waals surface area contributed by atoms with Crippen LogP contribution in [-0.2, 0) is 4.74 Å². The summed E-state index contributed by atoms with van der Waals surface area (Å²) in [5, 5.41) is 0. The molecule has 65 valence electrons. The van der Waals surface area contributed by atoms with E-state index in [2.05, 4.69) is 6.07 Å². The fraction of sp³-hybridized carbons (Fsp3) is 0.333. The molecule has 0 unspecified atom stereocenters. The van der Waals surface area contributed by atoms with E-state index < -0.39 is 0 Å². The van der Waals surface area contributed by atoms with Crippen LogP contribution in [0.5, 0.6) is 5.75 Å². The third-order valence-corrected chi connectivity index (χ3v) is 1.75. The van der Waals surface area contributed by atoms with Crippen LogP contribution in [0.3, 0.4) is 0 Å². The van der Waals surface area contributed by atoms with Gasteiger partial charge in [-0.1, -0.05) is 12.1 Å². The quantitative estimate of drug-likeness (QED) is 0.377. The number of benzene rings is 1. The lowest BCUT2D eigenvalue weighted by Crippen LogP contribution is -2.03. The Morgan fingerprint density at radius 1 is 1.33 bits per heavy atom. The van der Waals surface area contributed by atoms with Gasteiger partial charge in [-0.2, -0.15) is 0 Å². The molecular formula is C9H13O2Si. The summed E-state index contributed by atoms with van der Waals surface area (Å²) >= 11 is 0. The molecule has 0 aromatic heterocycles. The Bertz CT molecular complexity index is 201. The van der Waals surface area contributed by atoms with E-state index in [-0.39, 0.29) is 0 Å². The second kappa shape index (κ2) is 5.80. The van der Waals surface area contributed by atoms with Crippen LogP contribution in [0.25, 0.3) is 0 Å². The lowest BCUT2D eigenvalue weighted by atomic mass is 10.3. The molecule has 0 amide bonds. The summed E-state index contributed by atoms with van der Waals surface area (Å²) in [7, 11) is 1.19. The maximum Gasteiger partial charge on any atom is 0.189 e. The molecule has 1 aromatic rings. The van der Waals surface area contributed by atoms with E-state index in [4.69, 9.17) is 9.47 Å². The van der Waals surface area contributed by atoms with Crippen LogP contribution in [0.2, 0.25) is 6.04 Å². The van der Waals surface area contributed by atoms with E-state index >= 15 is 0 Å². The van der Waals surface area contributed by atoms with Gasteiger partial charge in [0, 0.05) is 16.8 Å². The average Bonchev–Trinajstić information content (AvgIpc) is 2.14. The molecule has 12 heavy (non-hydrogen) atoms. The normalized spacial score (nSPS) is 10.0. The predicted octanol–water partition coefficient (Wildman–Crippen LogP) is 0.623. The van der Waals surface area contributed by atoms with Crippen molar-refractivity contribution in [2.45, 2.75) is 6.04 Å². The molecule has 0 bridgehead atoms. The Balaban J connectivity index is 2.16. The van der Waals surface area contributed by atoms with Gasteiger partial charge >= 0.3 is 0 Å². The van der Waals surface area contributed by atoms with Crippen molar-refractivity contribution in [1.82, 2.24) is 0 Å². The SMILES string of the molecule is [SiH3]CCOCOc1cc[c]cc1. The molecule has 0 aliphatic carbocycles. The van der Waals surface area contributed by atoms with Gasteiger partial charge in [0.05, 0.1) is 0 Å². The van der Waals surface area contributed by atoms with Gasteiger partial charge in [-0.15, -0.1) is 0 Å². The number of hydrogen-bond donors (Lipinski definition) is 0. The highest BCUT2D eigenvalue weighted by molar-refractivity contribution is 6.08. The second-order valence-electron chi connectivity index (χ2n) is 2.41. The van der Waals surface area contributed by atoms with Crippen molar-refractivity contribution in [3.05, 3.63) is 30.3 Å². The molecule has 0 saturated heterocycles. The predicted molar refractivity (Wildman–Crippen MR) is 51.5 cm³/mol. The van der Waals surface area contributed by atoms with Crippen LogP contribution in [0.1, 0.15) is 0 Å². The molecule has 0 saturated carbocycles. The summed E-state index contributed by atoms with van der Waals surface area (Å²) in [6.45, 7) is 1.16. The highest BCUT2D eigenvalue weighted by Gasteiger charge is 1.89. The zero-order valence-corrected chi connectivity index (χ0v) is 9.25. The van der Waals surface area contributed by atoms with Crippen molar-refractivity contribution in [2.75, 3.05) is 13.4 Å². The van der Waals surface area contributed by atoms with Crippen molar-refractivity contribution in [1.29, 1.82) is 0 Å². The van der Waals surface area contributed by atoms with E-state index in [1.807, 2.05) is 24.3 Å².